The van der Waals surface area contributed by atoms with Gasteiger partial charge in [0.1, 0.15) is 5.01 Å². The molecule has 0 radical (unpaired) electrons. The first kappa shape index (κ1) is 13.6. The molecule has 20 heavy (non-hydrogen) atoms. The summed E-state index contributed by atoms with van der Waals surface area (Å²) in [4.78, 5) is 4.36. The Hall–Kier alpha value is -1.35. The average Bonchev–Trinajstić information content (AvgIpc) is 3.03. The molecule has 2 atom stereocenters. The van der Waals surface area contributed by atoms with Crippen molar-refractivity contribution in [3.8, 4) is 10.6 Å². The van der Waals surface area contributed by atoms with Crippen molar-refractivity contribution in [3.63, 3.8) is 0 Å². The van der Waals surface area contributed by atoms with Crippen LogP contribution in [0.25, 0.3) is 10.6 Å². The monoisotopic (exact) mass is 286 g/mol. The summed E-state index contributed by atoms with van der Waals surface area (Å²) < 4.78 is 0. The minimum atomic E-state index is 0.652. The third kappa shape index (κ3) is 3.04. The Morgan fingerprint density at radius 3 is 2.70 bits per heavy atom. The van der Waals surface area contributed by atoms with E-state index in [2.05, 4.69) is 41.5 Å². The SMILES string of the molecule is CCC1CCCCC1Nc1ccc(-c2nccs2)cc1. The molecule has 3 heteroatoms. The van der Waals surface area contributed by atoms with Gasteiger partial charge in [-0.05, 0) is 43.0 Å². The van der Waals surface area contributed by atoms with Crippen LogP contribution in [-0.4, -0.2) is 11.0 Å². The topological polar surface area (TPSA) is 24.9 Å². The molecule has 1 saturated carbocycles. The van der Waals surface area contributed by atoms with Gasteiger partial charge < -0.3 is 5.32 Å². The highest BCUT2D eigenvalue weighted by atomic mass is 32.1. The Balaban J connectivity index is 1.68. The fraction of sp³-hybridized carbons (Fsp3) is 0.471. The molecule has 1 aliphatic rings. The molecule has 1 aliphatic carbocycles. The van der Waals surface area contributed by atoms with Gasteiger partial charge >= 0.3 is 0 Å². The Morgan fingerprint density at radius 2 is 2.00 bits per heavy atom. The lowest BCUT2D eigenvalue weighted by Gasteiger charge is -2.32. The lowest BCUT2D eigenvalue weighted by Crippen LogP contribution is -2.31. The van der Waals surface area contributed by atoms with E-state index in [0.29, 0.717) is 6.04 Å². The van der Waals surface area contributed by atoms with Crippen molar-refractivity contribution < 1.29 is 0 Å². The molecule has 0 amide bonds. The van der Waals surface area contributed by atoms with E-state index in [0.717, 1.165) is 10.9 Å². The van der Waals surface area contributed by atoms with Crippen molar-refractivity contribution in [2.75, 3.05) is 5.32 Å². The molecule has 0 spiro atoms. The van der Waals surface area contributed by atoms with Gasteiger partial charge in [-0.3, -0.25) is 0 Å². The number of nitrogens with one attached hydrogen (secondary N) is 1. The largest absolute Gasteiger partial charge is 0.382 e. The van der Waals surface area contributed by atoms with Crippen LogP contribution in [0.15, 0.2) is 35.8 Å². The Bertz CT molecular complexity index is 518. The van der Waals surface area contributed by atoms with E-state index >= 15 is 0 Å². The average molecular weight is 286 g/mol. The molecule has 1 fully saturated rings. The molecule has 0 bridgehead atoms. The summed E-state index contributed by atoms with van der Waals surface area (Å²) in [6.07, 6.45) is 8.61. The minimum Gasteiger partial charge on any atom is -0.382 e. The second kappa shape index (κ2) is 6.40. The summed E-state index contributed by atoms with van der Waals surface area (Å²) in [7, 11) is 0. The number of hydrogen-bond acceptors (Lipinski definition) is 3. The first-order chi connectivity index (χ1) is 9.86. The zero-order chi connectivity index (χ0) is 13.8. The number of aromatic nitrogens is 1. The predicted octanol–water partition coefficient (Wildman–Crippen LogP) is 5.19. The molecule has 1 aromatic heterocycles. The van der Waals surface area contributed by atoms with Gasteiger partial charge in [0.2, 0.25) is 0 Å². The van der Waals surface area contributed by atoms with Crippen LogP contribution >= 0.6 is 11.3 Å². The summed E-state index contributed by atoms with van der Waals surface area (Å²) >= 11 is 1.69. The van der Waals surface area contributed by atoms with Gasteiger partial charge in [0.25, 0.3) is 0 Å². The van der Waals surface area contributed by atoms with Crippen molar-refractivity contribution in [1.82, 2.24) is 4.98 Å². The smallest absolute Gasteiger partial charge is 0.123 e. The summed E-state index contributed by atoms with van der Waals surface area (Å²) in [5.41, 5.74) is 2.46. The maximum Gasteiger partial charge on any atom is 0.123 e. The first-order valence-corrected chi connectivity index (χ1v) is 8.51. The predicted molar refractivity (Wildman–Crippen MR) is 87.2 cm³/mol. The van der Waals surface area contributed by atoms with Crippen molar-refractivity contribution >= 4 is 17.0 Å². The third-order valence-electron chi connectivity index (χ3n) is 4.35. The molecular weight excluding hydrogens is 264 g/mol. The highest BCUT2D eigenvalue weighted by molar-refractivity contribution is 7.13. The highest BCUT2D eigenvalue weighted by Crippen LogP contribution is 2.30. The van der Waals surface area contributed by atoms with Crippen molar-refractivity contribution in [2.24, 2.45) is 5.92 Å². The molecule has 0 saturated heterocycles. The normalized spacial score (nSPS) is 22.6. The van der Waals surface area contributed by atoms with Gasteiger partial charge in [-0.25, -0.2) is 4.98 Å². The highest BCUT2D eigenvalue weighted by Gasteiger charge is 2.23. The standard InChI is InChI=1S/C17H22N2S/c1-2-13-5-3-4-6-16(13)19-15-9-7-14(8-10-15)17-18-11-12-20-17/h7-13,16,19H,2-6H2,1H3. The van der Waals surface area contributed by atoms with Crippen molar-refractivity contribution in [3.05, 3.63) is 35.8 Å². The van der Waals surface area contributed by atoms with Gasteiger partial charge in [0.05, 0.1) is 0 Å². The van der Waals surface area contributed by atoms with Crippen LogP contribution in [0.5, 0.6) is 0 Å². The van der Waals surface area contributed by atoms with Gasteiger partial charge in [-0.15, -0.1) is 11.3 Å². The molecule has 1 aromatic carbocycles. The molecular formula is C17H22N2S. The molecule has 1 heterocycles. The fourth-order valence-electron chi connectivity index (χ4n) is 3.18. The van der Waals surface area contributed by atoms with E-state index in [1.54, 1.807) is 11.3 Å². The second-order valence-electron chi connectivity index (χ2n) is 5.62. The molecule has 2 nitrogen and oxygen atoms in total. The van der Waals surface area contributed by atoms with Gasteiger partial charge in [-0.1, -0.05) is 26.2 Å². The van der Waals surface area contributed by atoms with E-state index in [-0.39, 0.29) is 0 Å². The molecule has 1 N–H and O–H groups in total. The number of rotatable bonds is 4. The zero-order valence-electron chi connectivity index (χ0n) is 12.0. The van der Waals surface area contributed by atoms with Crippen LogP contribution < -0.4 is 5.32 Å². The van der Waals surface area contributed by atoms with Gasteiger partial charge in [-0.2, -0.15) is 0 Å². The summed E-state index contributed by atoms with van der Waals surface area (Å²) in [5.74, 6) is 0.836. The van der Waals surface area contributed by atoms with Crippen LogP contribution in [0.4, 0.5) is 5.69 Å². The lowest BCUT2D eigenvalue weighted by molar-refractivity contribution is 0.317. The number of nitrogens with zero attached hydrogens (tertiary/aromatic N) is 1. The Kier molecular flexibility index (Phi) is 4.36. The quantitative estimate of drug-likeness (QED) is 0.836. The van der Waals surface area contributed by atoms with Gasteiger partial charge in [0.15, 0.2) is 0 Å². The van der Waals surface area contributed by atoms with Crippen LogP contribution in [0.3, 0.4) is 0 Å². The van der Waals surface area contributed by atoms with Crippen LogP contribution in [-0.2, 0) is 0 Å². The Labute approximate surface area is 125 Å². The lowest BCUT2D eigenvalue weighted by atomic mass is 9.83. The minimum absolute atomic E-state index is 0.652. The summed E-state index contributed by atoms with van der Waals surface area (Å²) in [6.45, 7) is 2.32. The van der Waals surface area contributed by atoms with E-state index in [1.165, 1.54) is 43.4 Å². The number of anilines is 1. The maximum atomic E-state index is 4.36. The number of benzene rings is 1. The van der Waals surface area contributed by atoms with E-state index < -0.39 is 0 Å². The third-order valence-corrected chi connectivity index (χ3v) is 5.17. The fourth-order valence-corrected chi connectivity index (χ4v) is 3.82. The molecule has 106 valence electrons. The van der Waals surface area contributed by atoms with E-state index in [4.69, 9.17) is 0 Å². The molecule has 2 unspecified atom stereocenters. The van der Waals surface area contributed by atoms with Crippen LogP contribution in [0.1, 0.15) is 39.0 Å². The first-order valence-electron chi connectivity index (χ1n) is 7.63. The zero-order valence-corrected chi connectivity index (χ0v) is 12.8. The molecule has 2 aromatic rings. The molecule has 3 rings (SSSR count). The van der Waals surface area contributed by atoms with E-state index in [1.807, 2.05) is 11.6 Å². The van der Waals surface area contributed by atoms with Crippen molar-refractivity contribution in [2.45, 2.75) is 45.1 Å². The van der Waals surface area contributed by atoms with Crippen molar-refractivity contribution in [1.29, 1.82) is 0 Å². The maximum absolute atomic E-state index is 4.36. The second-order valence-corrected chi connectivity index (χ2v) is 6.51. The van der Waals surface area contributed by atoms with E-state index in [9.17, 15) is 0 Å². The molecule has 0 aliphatic heterocycles. The summed E-state index contributed by atoms with van der Waals surface area (Å²) in [6, 6.07) is 9.38. The summed E-state index contributed by atoms with van der Waals surface area (Å²) in [5, 5.41) is 6.86. The van der Waals surface area contributed by atoms with Gasteiger partial charge in [0, 0.05) is 28.9 Å². The number of hydrogen-bond donors (Lipinski definition) is 1. The van der Waals surface area contributed by atoms with Crippen LogP contribution in [0, 0.1) is 5.92 Å². The number of thiazole rings is 1. The van der Waals surface area contributed by atoms with Crippen LogP contribution in [0.2, 0.25) is 0 Å². The Morgan fingerprint density at radius 1 is 1.20 bits per heavy atom.